The maximum absolute atomic E-state index is 12.9. The first kappa shape index (κ1) is 19.9. The lowest BCUT2D eigenvalue weighted by atomic mass is 9.71. The quantitative estimate of drug-likeness (QED) is 0.566. The van der Waals surface area contributed by atoms with Crippen molar-refractivity contribution in [3.8, 4) is 5.75 Å². The molecule has 0 saturated heterocycles. The van der Waals surface area contributed by atoms with Crippen molar-refractivity contribution in [2.45, 2.75) is 57.8 Å². The average molecular weight is 509 g/mol. The molecule has 1 aromatic carbocycles. The highest BCUT2D eigenvalue weighted by Crippen LogP contribution is 2.47. The molecule has 3 aliphatic rings. The lowest BCUT2D eigenvalue weighted by molar-refractivity contribution is -0.116. The van der Waals surface area contributed by atoms with Gasteiger partial charge in [0.2, 0.25) is 0 Å². The molecule has 1 heterocycles. The number of carbonyl (C=O) groups excluding carboxylic acids is 2. The number of hydrogen-bond acceptors (Lipinski definition) is 4. The van der Waals surface area contributed by atoms with Crippen LogP contribution < -0.4 is 10.1 Å². The summed E-state index contributed by atoms with van der Waals surface area (Å²) in [5.41, 5.74) is 4.53. The summed E-state index contributed by atoms with van der Waals surface area (Å²) >= 11 is 7.26. The molecular weight excluding hydrogens is 486 g/mol. The van der Waals surface area contributed by atoms with E-state index in [0.29, 0.717) is 19.4 Å². The molecule has 0 bridgehead atoms. The van der Waals surface area contributed by atoms with Crippen molar-refractivity contribution in [3.63, 3.8) is 0 Å². The average Bonchev–Trinajstić information content (AvgIpc) is 2.66. The summed E-state index contributed by atoms with van der Waals surface area (Å²) in [5.74, 6) is 0.775. The van der Waals surface area contributed by atoms with Gasteiger partial charge >= 0.3 is 0 Å². The van der Waals surface area contributed by atoms with Gasteiger partial charge in [0.1, 0.15) is 5.75 Å². The van der Waals surface area contributed by atoms with E-state index in [0.717, 1.165) is 74.9 Å². The third-order valence-corrected chi connectivity index (χ3v) is 6.77. The zero-order valence-electron chi connectivity index (χ0n) is 15.9. The lowest BCUT2D eigenvalue weighted by Gasteiger charge is -2.37. The van der Waals surface area contributed by atoms with Crippen molar-refractivity contribution in [2.75, 3.05) is 6.61 Å². The molecule has 148 valence electrons. The number of rotatable bonds is 4. The molecule has 0 radical (unpaired) electrons. The van der Waals surface area contributed by atoms with E-state index in [1.54, 1.807) is 0 Å². The SMILES string of the molecule is CCCOc1c(Br)cc(C2C3=C(CCCC3=O)NC3=C2C(=O)CCC3)cc1Br. The molecule has 0 spiro atoms. The van der Waals surface area contributed by atoms with Gasteiger partial charge in [-0.05, 0) is 81.7 Å². The monoisotopic (exact) mass is 507 g/mol. The van der Waals surface area contributed by atoms with Crippen LogP contribution in [0.15, 0.2) is 43.6 Å². The van der Waals surface area contributed by atoms with Crippen molar-refractivity contribution in [2.24, 2.45) is 0 Å². The van der Waals surface area contributed by atoms with Crippen LogP contribution in [0.4, 0.5) is 0 Å². The Balaban J connectivity index is 1.85. The van der Waals surface area contributed by atoms with Crippen LogP contribution >= 0.6 is 31.9 Å². The van der Waals surface area contributed by atoms with Crippen LogP contribution in [0.5, 0.6) is 5.75 Å². The number of halogens is 2. The fourth-order valence-corrected chi connectivity index (χ4v) is 5.86. The summed E-state index contributed by atoms with van der Waals surface area (Å²) in [6.07, 6.45) is 5.48. The Bertz CT molecular complexity index is 851. The summed E-state index contributed by atoms with van der Waals surface area (Å²) in [7, 11) is 0. The number of carbonyl (C=O) groups is 2. The molecule has 28 heavy (non-hydrogen) atoms. The highest BCUT2D eigenvalue weighted by molar-refractivity contribution is 9.11. The zero-order valence-corrected chi connectivity index (χ0v) is 19.0. The van der Waals surface area contributed by atoms with Gasteiger partial charge < -0.3 is 10.1 Å². The Morgan fingerprint density at radius 1 is 0.964 bits per heavy atom. The van der Waals surface area contributed by atoms with Gasteiger partial charge in [-0.25, -0.2) is 0 Å². The first-order valence-electron chi connectivity index (χ1n) is 9.92. The molecular formula is C22H23Br2NO3. The van der Waals surface area contributed by atoms with Crippen LogP contribution in [0, 0.1) is 0 Å². The number of hydrogen-bond donors (Lipinski definition) is 1. The van der Waals surface area contributed by atoms with Crippen LogP contribution in [-0.4, -0.2) is 18.2 Å². The van der Waals surface area contributed by atoms with Crippen molar-refractivity contribution in [1.29, 1.82) is 0 Å². The Labute approximate surface area is 182 Å². The Hall–Kier alpha value is -1.40. The molecule has 6 heteroatoms. The molecule has 1 N–H and O–H groups in total. The number of allylic oxidation sites excluding steroid dienone is 4. The summed E-state index contributed by atoms with van der Waals surface area (Å²) in [6, 6.07) is 4.01. The van der Waals surface area contributed by atoms with Gasteiger partial charge in [0.15, 0.2) is 11.6 Å². The minimum atomic E-state index is -0.292. The molecule has 0 atom stereocenters. The standard InChI is InChI=1S/C22H23Br2NO3/c1-2-9-28-22-13(23)10-12(11-14(22)24)19-20-15(5-3-7-17(20)26)25-16-6-4-8-18(27)21(16)19/h10-11,19,25H,2-9H2,1H3. The minimum absolute atomic E-state index is 0.155. The maximum atomic E-state index is 12.9. The number of benzene rings is 1. The first-order valence-corrected chi connectivity index (χ1v) is 11.5. The molecule has 1 aromatic rings. The second kappa shape index (κ2) is 8.15. The molecule has 0 aromatic heterocycles. The van der Waals surface area contributed by atoms with Gasteiger partial charge in [-0.3, -0.25) is 9.59 Å². The summed E-state index contributed by atoms with van der Waals surface area (Å²) in [4.78, 5) is 25.8. The highest BCUT2D eigenvalue weighted by Gasteiger charge is 2.40. The van der Waals surface area contributed by atoms with Crippen LogP contribution in [-0.2, 0) is 9.59 Å². The lowest BCUT2D eigenvalue weighted by Crippen LogP contribution is -2.36. The summed E-state index contributed by atoms with van der Waals surface area (Å²) < 4.78 is 7.52. The Morgan fingerprint density at radius 2 is 1.50 bits per heavy atom. The minimum Gasteiger partial charge on any atom is -0.491 e. The number of dihydropyridines is 1. The maximum Gasteiger partial charge on any atom is 0.161 e. The van der Waals surface area contributed by atoms with Crippen LogP contribution in [0.2, 0.25) is 0 Å². The van der Waals surface area contributed by atoms with E-state index in [-0.39, 0.29) is 17.5 Å². The smallest absolute Gasteiger partial charge is 0.161 e. The van der Waals surface area contributed by atoms with Gasteiger partial charge in [-0.2, -0.15) is 0 Å². The Morgan fingerprint density at radius 3 is 2.00 bits per heavy atom. The fraction of sp³-hybridized carbons (Fsp3) is 0.455. The largest absolute Gasteiger partial charge is 0.491 e. The van der Waals surface area contributed by atoms with Gasteiger partial charge in [0.25, 0.3) is 0 Å². The third-order valence-electron chi connectivity index (χ3n) is 5.60. The van der Waals surface area contributed by atoms with Gasteiger partial charge in [-0.15, -0.1) is 0 Å². The molecule has 1 aliphatic heterocycles. The van der Waals surface area contributed by atoms with E-state index in [9.17, 15) is 9.59 Å². The second-order valence-corrected chi connectivity index (χ2v) is 9.27. The molecule has 0 saturated carbocycles. The normalized spacial score (nSPS) is 20.1. The molecule has 4 rings (SSSR count). The van der Waals surface area contributed by atoms with E-state index in [2.05, 4.69) is 44.1 Å². The first-order chi connectivity index (χ1) is 13.5. The molecule has 0 fully saturated rings. The van der Waals surface area contributed by atoms with E-state index in [1.807, 2.05) is 12.1 Å². The molecule has 4 nitrogen and oxygen atoms in total. The summed E-state index contributed by atoms with van der Waals surface area (Å²) in [5, 5.41) is 3.46. The number of Topliss-reactive ketones (excluding diaryl/α,β-unsaturated/α-hetero) is 2. The summed E-state index contributed by atoms with van der Waals surface area (Å²) in [6.45, 7) is 2.70. The number of ketones is 2. The topological polar surface area (TPSA) is 55.4 Å². The Kier molecular flexibility index (Phi) is 5.79. The highest BCUT2D eigenvalue weighted by atomic mass is 79.9. The van der Waals surface area contributed by atoms with Gasteiger partial charge in [0, 0.05) is 41.3 Å². The molecule has 0 amide bonds. The third kappa shape index (κ3) is 3.50. The van der Waals surface area contributed by atoms with E-state index in [1.165, 1.54) is 0 Å². The van der Waals surface area contributed by atoms with E-state index >= 15 is 0 Å². The van der Waals surface area contributed by atoms with E-state index < -0.39 is 0 Å². The molecule has 0 unspecified atom stereocenters. The van der Waals surface area contributed by atoms with Crippen molar-refractivity contribution < 1.29 is 14.3 Å². The number of nitrogens with one attached hydrogen (secondary N) is 1. The second-order valence-electron chi connectivity index (χ2n) is 7.56. The van der Waals surface area contributed by atoms with Crippen LogP contribution in [0.3, 0.4) is 0 Å². The van der Waals surface area contributed by atoms with Gasteiger partial charge in [0.05, 0.1) is 15.6 Å². The molecule has 2 aliphatic carbocycles. The van der Waals surface area contributed by atoms with Crippen LogP contribution in [0.1, 0.15) is 63.4 Å². The predicted octanol–water partition coefficient (Wildman–Crippen LogP) is 5.70. The fourth-order valence-electron chi connectivity index (χ4n) is 4.40. The predicted molar refractivity (Wildman–Crippen MR) is 115 cm³/mol. The van der Waals surface area contributed by atoms with E-state index in [4.69, 9.17) is 4.74 Å². The van der Waals surface area contributed by atoms with Gasteiger partial charge in [-0.1, -0.05) is 6.92 Å². The zero-order chi connectivity index (χ0) is 19.8. The van der Waals surface area contributed by atoms with Crippen molar-refractivity contribution in [3.05, 3.63) is 49.2 Å². The van der Waals surface area contributed by atoms with Crippen molar-refractivity contribution >= 4 is 43.4 Å². The van der Waals surface area contributed by atoms with Crippen molar-refractivity contribution in [1.82, 2.24) is 5.32 Å². The number of ether oxygens (including phenoxy) is 1. The van der Waals surface area contributed by atoms with Crippen LogP contribution in [0.25, 0.3) is 0 Å².